The predicted octanol–water partition coefficient (Wildman–Crippen LogP) is 3.32. The molecule has 31 heavy (non-hydrogen) atoms. The lowest BCUT2D eigenvalue weighted by Crippen LogP contribution is -2.25. The molecule has 2 aromatic carbocycles. The fourth-order valence-corrected chi connectivity index (χ4v) is 3.04. The first-order valence-electron chi connectivity index (χ1n) is 9.14. The fourth-order valence-electron chi connectivity index (χ4n) is 3.04. The number of carboxylic acids is 1. The molecule has 3 rings (SSSR count). The number of ketones is 1. The van der Waals surface area contributed by atoms with Crippen molar-refractivity contribution >= 4 is 17.5 Å². The SMILES string of the molecule is O=C(O)C(=O)C=C(O)c1cc(Cc2ccccc2)cn(Cc2cccc(F)c2F)c1=O. The Labute approximate surface area is 175 Å². The average molecular weight is 425 g/mol. The number of nitrogens with zero attached hydrogens (tertiary/aromatic N) is 1. The zero-order chi connectivity index (χ0) is 22.5. The van der Waals surface area contributed by atoms with Crippen molar-refractivity contribution in [1.29, 1.82) is 0 Å². The molecule has 8 heteroatoms. The number of carboxylic acid groups (broad SMARTS) is 1. The molecular weight excluding hydrogens is 408 g/mol. The van der Waals surface area contributed by atoms with E-state index < -0.39 is 34.7 Å². The van der Waals surface area contributed by atoms with E-state index in [-0.39, 0.29) is 17.7 Å². The zero-order valence-corrected chi connectivity index (χ0v) is 16.1. The van der Waals surface area contributed by atoms with Gasteiger partial charge in [0.05, 0.1) is 12.1 Å². The molecule has 1 heterocycles. The Kier molecular flexibility index (Phi) is 6.40. The highest BCUT2D eigenvalue weighted by molar-refractivity contribution is 6.38. The van der Waals surface area contributed by atoms with Gasteiger partial charge in [-0.25, -0.2) is 13.6 Å². The van der Waals surface area contributed by atoms with E-state index in [1.807, 2.05) is 30.3 Å². The normalized spacial score (nSPS) is 11.4. The number of pyridine rings is 1. The third kappa shape index (κ3) is 5.11. The third-order valence-electron chi connectivity index (χ3n) is 4.52. The van der Waals surface area contributed by atoms with Gasteiger partial charge in [-0.2, -0.15) is 0 Å². The van der Waals surface area contributed by atoms with Crippen LogP contribution in [0.25, 0.3) is 5.76 Å². The molecule has 0 atom stereocenters. The Bertz CT molecular complexity index is 1230. The van der Waals surface area contributed by atoms with Crippen molar-refractivity contribution in [2.45, 2.75) is 13.0 Å². The number of halogens is 2. The average Bonchev–Trinajstić information content (AvgIpc) is 2.74. The summed E-state index contributed by atoms with van der Waals surface area (Å²) in [6, 6.07) is 14.0. The molecule has 0 fully saturated rings. The van der Waals surface area contributed by atoms with E-state index in [4.69, 9.17) is 5.11 Å². The summed E-state index contributed by atoms with van der Waals surface area (Å²) in [5.74, 6) is -6.21. The van der Waals surface area contributed by atoms with Gasteiger partial charge in [-0.1, -0.05) is 42.5 Å². The molecule has 0 saturated heterocycles. The summed E-state index contributed by atoms with van der Waals surface area (Å²) in [6.45, 7) is -0.335. The van der Waals surface area contributed by atoms with Crippen LogP contribution in [0, 0.1) is 11.6 Å². The van der Waals surface area contributed by atoms with Crippen LogP contribution in [0.5, 0.6) is 0 Å². The standard InChI is InChI=1S/C23H17F2NO5/c24-18-8-4-7-16(21(18)25)13-26-12-15(9-14-5-2-1-3-6-14)10-17(22(26)29)19(27)11-20(28)23(30)31/h1-8,10-12,27H,9,13H2,(H,30,31). The second-order valence-electron chi connectivity index (χ2n) is 6.77. The number of rotatable bonds is 7. The predicted molar refractivity (Wildman–Crippen MR) is 109 cm³/mol. The molecule has 158 valence electrons. The molecule has 3 aromatic rings. The van der Waals surface area contributed by atoms with Crippen molar-refractivity contribution in [2.24, 2.45) is 0 Å². The van der Waals surface area contributed by atoms with Gasteiger partial charge in [0.1, 0.15) is 5.76 Å². The number of carbonyl (C=O) groups excluding carboxylic acids is 1. The van der Waals surface area contributed by atoms with Gasteiger partial charge in [-0.15, -0.1) is 0 Å². The second kappa shape index (κ2) is 9.17. The minimum absolute atomic E-state index is 0.0880. The topological polar surface area (TPSA) is 96.6 Å². The van der Waals surface area contributed by atoms with Gasteiger partial charge in [0.25, 0.3) is 11.3 Å². The molecule has 1 aromatic heterocycles. The van der Waals surface area contributed by atoms with Gasteiger partial charge >= 0.3 is 5.97 Å². The van der Waals surface area contributed by atoms with Crippen LogP contribution >= 0.6 is 0 Å². The molecule has 0 amide bonds. The lowest BCUT2D eigenvalue weighted by Gasteiger charge is -2.13. The first kappa shape index (κ1) is 21.6. The van der Waals surface area contributed by atoms with Crippen molar-refractivity contribution in [3.05, 3.63) is 111 Å². The van der Waals surface area contributed by atoms with Crippen LogP contribution in [0.1, 0.15) is 22.3 Å². The van der Waals surface area contributed by atoms with E-state index in [1.54, 1.807) is 0 Å². The van der Waals surface area contributed by atoms with E-state index in [1.165, 1.54) is 24.4 Å². The number of aliphatic carboxylic acids is 1. The van der Waals surface area contributed by atoms with Crippen LogP contribution in [0.3, 0.4) is 0 Å². The lowest BCUT2D eigenvalue weighted by atomic mass is 10.0. The molecule has 0 bridgehead atoms. The molecule has 6 nitrogen and oxygen atoms in total. The maximum Gasteiger partial charge on any atom is 0.376 e. The van der Waals surface area contributed by atoms with Gasteiger partial charge in [-0.3, -0.25) is 9.59 Å². The van der Waals surface area contributed by atoms with Crippen molar-refractivity contribution in [3.8, 4) is 0 Å². The first-order valence-corrected chi connectivity index (χ1v) is 9.14. The molecule has 0 aliphatic rings. The maximum atomic E-state index is 14.1. The van der Waals surface area contributed by atoms with Gasteiger partial charge in [0.2, 0.25) is 0 Å². The van der Waals surface area contributed by atoms with Crippen molar-refractivity contribution in [3.63, 3.8) is 0 Å². The summed E-state index contributed by atoms with van der Waals surface area (Å²) >= 11 is 0. The van der Waals surface area contributed by atoms with E-state index in [0.29, 0.717) is 18.1 Å². The molecular formula is C23H17F2NO5. The number of carbonyl (C=O) groups is 2. The van der Waals surface area contributed by atoms with Gasteiger partial charge in [0, 0.05) is 17.8 Å². The van der Waals surface area contributed by atoms with E-state index in [2.05, 4.69) is 0 Å². The highest BCUT2D eigenvalue weighted by Gasteiger charge is 2.17. The number of hydrogen-bond acceptors (Lipinski definition) is 4. The lowest BCUT2D eigenvalue weighted by molar-refractivity contribution is -0.146. The molecule has 0 aliphatic heterocycles. The number of aliphatic hydroxyl groups is 1. The van der Waals surface area contributed by atoms with Crippen LogP contribution < -0.4 is 5.56 Å². The van der Waals surface area contributed by atoms with E-state index in [9.17, 15) is 28.3 Å². The van der Waals surface area contributed by atoms with E-state index in [0.717, 1.165) is 16.2 Å². The third-order valence-corrected chi connectivity index (χ3v) is 4.52. The summed E-state index contributed by atoms with van der Waals surface area (Å²) in [4.78, 5) is 35.1. The Morgan fingerprint density at radius 1 is 0.968 bits per heavy atom. The Balaban J connectivity index is 2.11. The minimum Gasteiger partial charge on any atom is -0.507 e. The summed E-state index contributed by atoms with van der Waals surface area (Å²) in [5, 5.41) is 19.0. The van der Waals surface area contributed by atoms with Gasteiger partial charge in [-0.05, 0) is 29.7 Å². The van der Waals surface area contributed by atoms with Gasteiger partial charge < -0.3 is 14.8 Å². The summed E-state index contributed by atoms with van der Waals surface area (Å²) in [6.07, 6.45) is 2.20. The summed E-state index contributed by atoms with van der Waals surface area (Å²) in [5.41, 5.74) is 0.184. The van der Waals surface area contributed by atoms with Gasteiger partial charge in [0.15, 0.2) is 11.6 Å². The van der Waals surface area contributed by atoms with Crippen molar-refractivity contribution in [1.82, 2.24) is 4.57 Å². The maximum absolute atomic E-state index is 14.1. The summed E-state index contributed by atoms with van der Waals surface area (Å²) in [7, 11) is 0. The van der Waals surface area contributed by atoms with Crippen LogP contribution in [-0.4, -0.2) is 26.5 Å². The molecule has 0 saturated carbocycles. The Morgan fingerprint density at radius 2 is 1.68 bits per heavy atom. The second-order valence-corrected chi connectivity index (χ2v) is 6.77. The van der Waals surface area contributed by atoms with E-state index >= 15 is 0 Å². The van der Waals surface area contributed by atoms with Crippen LogP contribution in [0.4, 0.5) is 8.78 Å². The highest BCUT2D eigenvalue weighted by Crippen LogP contribution is 2.16. The Hall–Kier alpha value is -4.07. The Morgan fingerprint density at radius 3 is 2.35 bits per heavy atom. The molecule has 2 N–H and O–H groups in total. The largest absolute Gasteiger partial charge is 0.507 e. The number of hydrogen-bond donors (Lipinski definition) is 2. The zero-order valence-electron chi connectivity index (χ0n) is 16.1. The number of aliphatic hydroxyl groups excluding tert-OH is 1. The molecule has 0 unspecified atom stereocenters. The molecule has 0 radical (unpaired) electrons. The monoisotopic (exact) mass is 425 g/mol. The first-order chi connectivity index (χ1) is 14.8. The molecule has 0 spiro atoms. The quantitative estimate of drug-likeness (QED) is 0.344. The van der Waals surface area contributed by atoms with Crippen LogP contribution in [0.15, 0.2) is 71.7 Å². The van der Waals surface area contributed by atoms with Crippen LogP contribution in [0.2, 0.25) is 0 Å². The fraction of sp³-hybridized carbons (Fsp3) is 0.0870. The number of benzene rings is 2. The summed E-state index contributed by atoms with van der Waals surface area (Å²) < 4.78 is 28.8. The van der Waals surface area contributed by atoms with Crippen LogP contribution in [-0.2, 0) is 22.6 Å². The minimum atomic E-state index is -1.80. The molecule has 0 aliphatic carbocycles. The van der Waals surface area contributed by atoms with Crippen molar-refractivity contribution < 1.29 is 28.6 Å². The van der Waals surface area contributed by atoms with Crippen molar-refractivity contribution in [2.75, 3.05) is 0 Å². The highest BCUT2D eigenvalue weighted by atomic mass is 19.2. The smallest absolute Gasteiger partial charge is 0.376 e. The number of aromatic nitrogens is 1.